The predicted octanol–water partition coefficient (Wildman–Crippen LogP) is -4.47. The molecule has 0 aromatic heterocycles. The van der Waals surface area contributed by atoms with Gasteiger partial charge in [0.2, 0.25) is 0 Å². The minimum absolute atomic E-state index is 0. The summed E-state index contributed by atoms with van der Waals surface area (Å²) < 4.78 is 21.5. The normalized spacial score (nSPS) is 13.7. The first-order valence-corrected chi connectivity index (χ1v) is 26.0. The van der Waals surface area contributed by atoms with Crippen molar-refractivity contribution in [2.24, 2.45) is 0 Å². The molecule has 1 atom stereocenters. The average Bonchev–Trinajstić information content (AvgIpc) is 2.92. The Labute approximate surface area is 302 Å². The first-order valence-electron chi connectivity index (χ1n) is 16.9. The highest BCUT2D eigenvalue weighted by atomic mass is 35.5. The predicted molar refractivity (Wildman–Crippen MR) is 182 cm³/mol. The van der Waals surface area contributed by atoms with Crippen LogP contribution >= 0.6 is 0 Å². The molecule has 49 heavy (non-hydrogen) atoms. The summed E-state index contributed by atoms with van der Waals surface area (Å²) in [5.74, 6) is -1.07. The van der Waals surface area contributed by atoms with Gasteiger partial charge in [-0.15, -0.1) is 0 Å². The van der Waals surface area contributed by atoms with Crippen molar-refractivity contribution in [2.75, 3.05) is 25.5 Å². The zero-order chi connectivity index (χ0) is 36.9. The molecule has 294 valence electrons. The molecule has 0 rings (SSSR count). The second-order valence-corrected chi connectivity index (χ2v) is 22.4. The smallest absolute Gasteiger partial charge is 0.662 e. The maximum absolute atomic E-state index is 11.4. The number of hydrogen-bond donors (Lipinski definition) is 11. The van der Waals surface area contributed by atoms with E-state index >= 15 is 0 Å². The summed E-state index contributed by atoms with van der Waals surface area (Å²) in [5, 5.41) is 0. The second-order valence-electron chi connectivity index (χ2n) is 12.2. The molecule has 17 nitrogen and oxygen atoms in total. The van der Waals surface area contributed by atoms with Crippen molar-refractivity contribution in [1.82, 2.24) is 0 Å². The molecule has 23 heteroatoms. The quantitative estimate of drug-likeness (QED) is 0.0136. The van der Waals surface area contributed by atoms with Crippen molar-refractivity contribution in [2.45, 2.75) is 124 Å². The summed E-state index contributed by atoms with van der Waals surface area (Å²) >= 11 is 0. The van der Waals surface area contributed by atoms with Gasteiger partial charge in [0, 0.05) is 5.57 Å². The van der Waals surface area contributed by atoms with Crippen LogP contribution in [-0.4, -0.2) is 124 Å². The van der Waals surface area contributed by atoms with Gasteiger partial charge in [0.05, 0.1) is 13.1 Å². The van der Waals surface area contributed by atoms with E-state index in [2.05, 4.69) is 34.7 Å². The zero-order valence-corrected chi connectivity index (χ0v) is 34.9. The fourth-order valence-corrected chi connectivity index (χ4v) is 14.5. The summed E-state index contributed by atoms with van der Waals surface area (Å²) in [7, 11) is -27.8. The highest BCUT2D eigenvalue weighted by Gasteiger charge is 2.62. The number of ether oxygens (including phenoxy) is 1. The Balaban J connectivity index is 0. The summed E-state index contributed by atoms with van der Waals surface area (Å²) in [4.78, 5) is 112. The molecule has 1 unspecified atom stereocenters. The van der Waals surface area contributed by atoms with Crippen LogP contribution in [0, 0.1) is 0 Å². The van der Waals surface area contributed by atoms with Gasteiger partial charge in [0.15, 0.2) is 6.23 Å². The number of halogens is 1. The minimum atomic E-state index is -6.00. The first-order chi connectivity index (χ1) is 22.1. The van der Waals surface area contributed by atoms with Gasteiger partial charge < -0.3 is 86.5 Å². The van der Waals surface area contributed by atoms with Crippen molar-refractivity contribution in [3.63, 3.8) is 0 Å². The van der Waals surface area contributed by atoms with Crippen LogP contribution in [0.15, 0.2) is 12.2 Å². The molecule has 0 aromatic rings. The maximum Gasteiger partial charge on any atom is 0.662 e. The van der Waals surface area contributed by atoms with E-state index in [-0.39, 0.29) is 18.0 Å². The Kier molecular flexibility index (Phi) is 27.0. The molecule has 0 aromatic carbocycles. The fraction of sp³-hybridized carbons (Fsp3) is 0.885. The van der Waals surface area contributed by atoms with Crippen LogP contribution in [0.4, 0.5) is 0 Å². The van der Waals surface area contributed by atoms with Crippen LogP contribution in [0.25, 0.3) is 0 Å². The van der Waals surface area contributed by atoms with E-state index in [1.165, 1.54) is 84.0 Å². The SMILES string of the molecule is C=C(C)C(=O)OC[Si](O)(O)O[Si](O)(O)O[Si](O)(O)O[Si](O)(O)O[Si](O)(O)C[NH+](CC)CCCCCCCCCCCCCCCCCC.[Cl-]. The molecule has 0 fully saturated rings. The topological polar surface area (TPSA) is 270 Å². The van der Waals surface area contributed by atoms with Gasteiger partial charge in [-0.05, 0) is 26.7 Å². The molecule has 0 spiro atoms. The second kappa shape index (κ2) is 25.9. The van der Waals surface area contributed by atoms with Crippen molar-refractivity contribution in [3.8, 4) is 0 Å². The first kappa shape index (κ1) is 51.1. The summed E-state index contributed by atoms with van der Waals surface area (Å²) in [6.45, 7) is 9.51. The molecular weight excluding hydrogens is 758 g/mol. The van der Waals surface area contributed by atoms with E-state index in [9.17, 15) is 52.8 Å². The van der Waals surface area contributed by atoms with E-state index in [4.69, 9.17) is 0 Å². The van der Waals surface area contributed by atoms with Gasteiger partial charge in [0.25, 0.3) is 0 Å². The van der Waals surface area contributed by atoms with Crippen molar-refractivity contribution in [3.05, 3.63) is 12.2 Å². The highest BCUT2D eigenvalue weighted by molar-refractivity contribution is 6.78. The number of carbonyl (C=O) groups is 1. The van der Waals surface area contributed by atoms with E-state index < -0.39 is 63.1 Å². The van der Waals surface area contributed by atoms with E-state index in [0.717, 1.165) is 25.7 Å². The molecule has 11 N–H and O–H groups in total. The molecule has 0 amide bonds. The Hall–Kier alpha value is -0.0156. The molecule has 0 aliphatic carbocycles. The van der Waals surface area contributed by atoms with E-state index in [0.29, 0.717) is 18.0 Å². The average molecular weight is 821 g/mol. The van der Waals surface area contributed by atoms with Crippen molar-refractivity contribution in [1.29, 1.82) is 0 Å². The number of carbonyl (C=O) groups excluding carboxylic acids is 1. The Bertz CT molecular complexity index is 907. The maximum atomic E-state index is 11.4. The van der Waals surface area contributed by atoms with Crippen LogP contribution in [0.3, 0.4) is 0 Å². The number of nitrogens with one attached hydrogen (secondary N) is 1. The standard InChI is InChI=1S/C26H61NO16Si5.ClH/c1-5-7-8-9-10-11-12-13-14-15-16-17-18-19-20-21-22-27(6-2)23-44(29,30)40-46(33,34)42-48(37,38)43-47(35,36)41-45(31,32)24-39-26(28)25(3)4;/h29-38H,3,5-24H2,1-2,4H3;1H. The third-order valence-corrected chi connectivity index (χ3v) is 17.7. The summed E-state index contributed by atoms with van der Waals surface area (Å²) in [5.41, 5.74) is -0.124. The monoisotopic (exact) mass is 819 g/mol. The summed E-state index contributed by atoms with van der Waals surface area (Å²) in [6, 6.07) is 0. The Morgan fingerprint density at radius 2 is 0.918 bits per heavy atom. The van der Waals surface area contributed by atoms with Gasteiger partial charge in [0.1, 0.15) is 6.17 Å². The largest absolute Gasteiger partial charge is 1.00 e. The molecule has 0 aliphatic heterocycles. The minimum Gasteiger partial charge on any atom is -1.00 e. The van der Waals surface area contributed by atoms with Crippen LogP contribution in [0.1, 0.15) is 124 Å². The molecule has 0 heterocycles. The van der Waals surface area contributed by atoms with Crippen LogP contribution in [0.5, 0.6) is 0 Å². The third kappa shape index (κ3) is 29.2. The van der Waals surface area contributed by atoms with Crippen molar-refractivity contribution >= 4 is 50.7 Å². The number of quaternary nitrogens is 1. The van der Waals surface area contributed by atoms with Gasteiger partial charge in [-0.1, -0.05) is 103 Å². The van der Waals surface area contributed by atoms with E-state index in [1.54, 1.807) is 6.92 Å². The molecule has 0 radical (unpaired) electrons. The molecule has 0 aliphatic rings. The Morgan fingerprint density at radius 3 is 1.29 bits per heavy atom. The van der Waals surface area contributed by atoms with Crippen LogP contribution in [0.2, 0.25) is 0 Å². The lowest BCUT2D eigenvalue weighted by Gasteiger charge is -2.31. The lowest BCUT2D eigenvalue weighted by Crippen LogP contribution is -3.14. The zero-order valence-electron chi connectivity index (χ0n) is 29.1. The Morgan fingerprint density at radius 1 is 0.571 bits per heavy atom. The van der Waals surface area contributed by atoms with Gasteiger partial charge >= 0.3 is 50.7 Å². The third-order valence-electron chi connectivity index (χ3n) is 7.23. The highest BCUT2D eigenvalue weighted by Crippen LogP contribution is 2.17. The van der Waals surface area contributed by atoms with Gasteiger partial charge in [-0.2, -0.15) is 0 Å². The van der Waals surface area contributed by atoms with Gasteiger partial charge in [-0.25, -0.2) is 4.79 Å². The number of rotatable bonds is 31. The molecular formula is C26H62ClNO16Si5. The van der Waals surface area contributed by atoms with Gasteiger partial charge in [-0.3, -0.25) is 0 Å². The molecule has 0 bridgehead atoms. The molecule has 0 saturated heterocycles. The van der Waals surface area contributed by atoms with E-state index in [1.807, 2.05) is 0 Å². The number of unbranched alkanes of at least 4 members (excludes halogenated alkanes) is 15. The molecule has 0 saturated carbocycles. The number of esters is 1. The fourth-order valence-electron chi connectivity index (χ4n) is 4.82. The van der Waals surface area contributed by atoms with Crippen LogP contribution in [-0.2, 0) is 26.0 Å². The summed E-state index contributed by atoms with van der Waals surface area (Å²) in [6.07, 6.45) is 17.8. The number of hydrogen-bond acceptors (Lipinski definition) is 16. The lowest BCUT2D eigenvalue weighted by atomic mass is 10.0. The lowest BCUT2D eigenvalue weighted by molar-refractivity contribution is -0.890. The van der Waals surface area contributed by atoms with Crippen LogP contribution < -0.4 is 17.3 Å². The van der Waals surface area contributed by atoms with Crippen molar-refractivity contribution < 1.29 is 91.3 Å².